The molecule has 4 rings (SSSR count). The summed E-state index contributed by atoms with van der Waals surface area (Å²) in [5.74, 6) is 1.94. The van der Waals surface area contributed by atoms with E-state index in [1.807, 2.05) is 0 Å². The van der Waals surface area contributed by atoms with Gasteiger partial charge < -0.3 is 10.1 Å². The molecule has 0 bridgehead atoms. The van der Waals surface area contributed by atoms with E-state index in [4.69, 9.17) is 4.74 Å². The van der Waals surface area contributed by atoms with Crippen molar-refractivity contribution in [3.63, 3.8) is 0 Å². The van der Waals surface area contributed by atoms with Crippen LogP contribution in [0, 0.1) is 18.3 Å². The third kappa shape index (κ3) is 5.02. The van der Waals surface area contributed by atoms with Gasteiger partial charge in [0.25, 0.3) is 0 Å². The van der Waals surface area contributed by atoms with Gasteiger partial charge in [0.15, 0.2) is 0 Å². The van der Waals surface area contributed by atoms with Crippen molar-refractivity contribution in [2.45, 2.75) is 104 Å². The molecule has 30 heavy (non-hydrogen) atoms. The number of hydrogen-bond acceptors (Lipinski definition) is 2. The van der Waals surface area contributed by atoms with Crippen molar-refractivity contribution in [1.29, 1.82) is 0 Å². The Labute approximate surface area is 183 Å². The molecule has 0 aliphatic heterocycles. The van der Waals surface area contributed by atoms with E-state index in [2.05, 4.69) is 63.3 Å². The lowest BCUT2D eigenvalue weighted by Gasteiger charge is -2.37. The van der Waals surface area contributed by atoms with E-state index in [1.165, 1.54) is 79.7 Å². The van der Waals surface area contributed by atoms with E-state index in [1.54, 1.807) is 0 Å². The molecule has 2 nitrogen and oxygen atoms in total. The van der Waals surface area contributed by atoms with Gasteiger partial charge >= 0.3 is 0 Å². The second-order valence-electron chi connectivity index (χ2n) is 10.9. The molecule has 2 aromatic carbocycles. The number of aryl methyl sites for hydroxylation is 1. The van der Waals surface area contributed by atoms with Crippen molar-refractivity contribution in [2.24, 2.45) is 11.3 Å². The number of nitrogens with one attached hydrogen (secondary N) is 1. The number of ether oxygens (including phenoxy) is 1. The van der Waals surface area contributed by atoms with E-state index in [0.717, 1.165) is 18.2 Å². The Morgan fingerprint density at radius 2 is 1.57 bits per heavy atom. The maximum atomic E-state index is 6.74. The number of rotatable bonds is 5. The first-order valence-electron chi connectivity index (χ1n) is 12.3. The fourth-order valence-corrected chi connectivity index (χ4v) is 5.65. The highest BCUT2D eigenvalue weighted by atomic mass is 16.5. The Morgan fingerprint density at radius 1 is 0.900 bits per heavy atom. The smallest absolute Gasteiger partial charge is 0.125 e. The highest BCUT2D eigenvalue weighted by Crippen LogP contribution is 2.40. The molecule has 0 heterocycles. The van der Waals surface area contributed by atoms with Crippen LogP contribution in [-0.2, 0) is 6.54 Å². The van der Waals surface area contributed by atoms with E-state index in [9.17, 15) is 0 Å². The Bertz CT molecular complexity index is 836. The lowest BCUT2D eigenvalue weighted by molar-refractivity contribution is 0.0875. The SMILES string of the molecule is Cc1cc(OC2CCC(C(C)(C)C)CC2)c(CNC2CCCCC2)c2ccccc12. The van der Waals surface area contributed by atoms with Crippen molar-refractivity contribution < 1.29 is 4.74 Å². The molecule has 0 spiro atoms. The zero-order valence-corrected chi connectivity index (χ0v) is 19.6. The molecule has 2 saturated carbocycles. The lowest BCUT2D eigenvalue weighted by Crippen LogP contribution is -2.32. The van der Waals surface area contributed by atoms with Crippen LogP contribution in [0.5, 0.6) is 5.75 Å². The minimum atomic E-state index is 0.359. The van der Waals surface area contributed by atoms with Crippen LogP contribution >= 0.6 is 0 Å². The van der Waals surface area contributed by atoms with E-state index in [-0.39, 0.29) is 0 Å². The van der Waals surface area contributed by atoms with Crippen LogP contribution in [0.25, 0.3) is 10.8 Å². The van der Waals surface area contributed by atoms with Crippen molar-refractivity contribution >= 4 is 10.8 Å². The number of hydrogen-bond donors (Lipinski definition) is 1. The highest BCUT2D eigenvalue weighted by Gasteiger charge is 2.31. The van der Waals surface area contributed by atoms with Crippen LogP contribution in [0.4, 0.5) is 0 Å². The second-order valence-corrected chi connectivity index (χ2v) is 10.9. The molecule has 0 aromatic heterocycles. The zero-order chi connectivity index (χ0) is 21.1. The minimum absolute atomic E-state index is 0.359. The molecule has 1 N–H and O–H groups in total. The van der Waals surface area contributed by atoms with Crippen LogP contribution < -0.4 is 10.1 Å². The van der Waals surface area contributed by atoms with Crippen LogP contribution in [0.2, 0.25) is 0 Å². The van der Waals surface area contributed by atoms with Crippen LogP contribution in [-0.4, -0.2) is 12.1 Å². The summed E-state index contributed by atoms with van der Waals surface area (Å²) in [6.45, 7) is 10.3. The molecular weight excluding hydrogens is 366 g/mol. The van der Waals surface area contributed by atoms with E-state index in [0.29, 0.717) is 17.6 Å². The molecule has 0 amide bonds. The van der Waals surface area contributed by atoms with Crippen LogP contribution in [0.1, 0.15) is 89.7 Å². The van der Waals surface area contributed by atoms with Gasteiger partial charge in [0.2, 0.25) is 0 Å². The first kappa shape index (κ1) is 21.7. The summed E-state index contributed by atoms with van der Waals surface area (Å²) in [5, 5.41) is 6.60. The predicted molar refractivity (Wildman–Crippen MR) is 128 cm³/mol. The van der Waals surface area contributed by atoms with Gasteiger partial charge in [-0.2, -0.15) is 0 Å². The van der Waals surface area contributed by atoms with Gasteiger partial charge in [-0.15, -0.1) is 0 Å². The van der Waals surface area contributed by atoms with Gasteiger partial charge in [-0.05, 0) is 79.2 Å². The van der Waals surface area contributed by atoms with Gasteiger partial charge in [-0.1, -0.05) is 64.3 Å². The van der Waals surface area contributed by atoms with Crippen molar-refractivity contribution in [2.75, 3.05) is 0 Å². The topological polar surface area (TPSA) is 21.3 Å². The summed E-state index contributed by atoms with van der Waals surface area (Å²) in [4.78, 5) is 0. The maximum absolute atomic E-state index is 6.74. The molecule has 0 saturated heterocycles. The lowest BCUT2D eigenvalue weighted by atomic mass is 9.72. The van der Waals surface area contributed by atoms with Gasteiger partial charge in [-0.25, -0.2) is 0 Å². The molecule has 2 aliphatic carbocycles. The van der Waals surface area contributed by atoms with Gasteiger partial charge in [0.1, 0.15) is 5.75 Å². The second kappa shape index (κ2) is 9.30. The summed E-state index contributed by atoms with van der Waals surface area (Å²) in [6, 6.07) is 11.8. The van der Waals surface area contributed by atoms with Crippen molar-refractivity contribution in [3.05, 3.63) is 41.5 Å². The summed E-state index contributed by atoms with van der Waals surface area (Å²) in [6.07, 6.45) is 12.1. The quantitative estimate of drug-likeness (QED) is 0.552. The highest BCUT2D eigenvalue weighted by molar-refractivity contribution is 5.90. The third-order valence-corrected chi connectivity index (χ3v) is 7.69. The third-order valence-electron chi connectivity index (χ3n) is 7.69. The standard InChI is InChI=1S/C28H41NO/c1-20-18-27(30-23-16-14-21(15-17-23)28(2,3)4)26(25-13-9-8-12-24(20)25)19-29-22-10-6-5-7-11-22/h8-9,12-13,18,21-23,29H,5-7,10-11,14-17,19H2,1-4H3. The molecule has 2 aromatic rings. The monoisotopic (exact) mass is 407 g/mol. The molecule has 0 unspecified atom stereocenters. The van der Waals surface area contributed by atoms with Gasteiger partial charge in [0, 0.05) is 18.2 Å². The first-order chi connectivity index (χ1) is 14.4. The molecule has 0 radical (unpaired) electrons. The summed E-state index contributed by atoms with van der Waals surface area (Å²) < 4.78 is 6.74. The minimum Gasteiger partial charge on any atom is -0.490 e. The Hall–Kier alpha value is -1.54. The number of fused-ring (bicyclic) bond motifs is 1. The van der Waals surface area contributed by atoms with Crippen molar-refractivity contribution in [3.8, 4) is 5.75 Å². The van der Waals surface area contributed by atoms with Crippen LogP contribution in [0.15, 0.2) is 30.3 Å². The zero-order valence-electron chi connectivity index (χ0n) is 19.6. The average Bonchev–Trinajstić information content (AvgIpc) is 2.74. The first-order valence-corrected chi connectivity index (χ1v) is 12.3. The fraction of sp³-hybridized carbons (Fsp3) is 0.643. The number of benzene rings is 2. The normalized spacial score (nSPS) is 23.6. The van der Waals surface area contributed by atoms with Gasteiger partial charge in [0.05, 0.1) is 6.10 Å². The molecule has 2 heteroatoms. The largest absolute Gasteiger partial charge is 0.490 e. The van der Waals surface area contributed by atoms with E-state index >= 15 is 0 Å². The van der Waals surface area contributed by atoms with Crippen molar-refractivity contribution in [1.82, 2.24) is 5.32 Å². The molecule has 2 aliphatic rings. The van der Waals surface area contributed by atoms with E-state index < -0.39 is 0 Å². The Balaban J connectivity index is 1.54. The predicted octanol–water partition coefficient (Wildman–Crippen LogP) is 7.55. The Kier molecular flexibility index (Phi) is 6.72. The molecule has 164 valence electrons. The molecular formula is C28H41NO. The Morgan fingerprint density at radius 3 is 2.23 bits per heavy atom. The summed E-state index contributed by atoms with van der Waals surface area (Å²) >= 11 is 0. The maximum Gasteiger partial charge on any atom is 0.125 e. The van der Waals surface area contributed by atoms with Gasteiger partial charge in [-0.3, -0.25) is 0 Å². The molecule has 0 atom stereocenters. The average molecular weight is 408 g/mol. The molecule has 2 fully saturated rings. The fourth-order valence-electron chi connectivity index (χ4n) is 5.65. The van der Waals surface area contributed by atoms with Crippen LogP contribution in [0.3, 0.4) is 0 Å². The summed E-state index contributed by atoms with van der Waals surface area (Å²) in [7, 11) is 0. The summed E-state index contributed by atoms with van der Waals surface area (Å²) in [5.41, 5.74) is 3.10.